The van der Waals surface area contributed by atoms with Crippen molar-refractivity contribution in [3.8, 4) is 5.75 Å². The van der Waals surface area contributed by atoms with Gasteiger partial charge in [0.2, 0.25) is 0 Å². The summed E-state index contributed by atoms with van der Waals surface area (Å²) in [4.78, 5) is 12.4. The van der Waals surface area contributed by atoms with E-state index in [0.29, 0.717) is 16.9 Å². The maximum absolute atomic E-state index is 13.8. The lowest BCUT2D eigenvalue weighted by atomic mass is 9.99. The van der Waals surface area contributed by atoms with Crippen LogP contribution >= 0.6 is 0 Å². The van der Waals surface area contributed by atoms with Crippen LogP contribution in [0.4, 0.5) is 4.39 Å². The van der Waals surface area contributed by atoms with Gasteiger partial charge in [0.05, 0.1) is 11.7 Å². The third kappa shape index (κ3) is 4.59. The van der Waals surface area contributed by atoms with Gasteiger partial charge in [0.25, 0.3) is 0 Å². The van der Waals surface area contributed by atoms with E-state index in [1.165, 1.54) is 6.07 Å². The Bertz CT molecular complexity index is 766. The van der Waals surface area contributed by atoms with Gasteiger partial charge >= 0.3 is 5.97 Å². The predicted molar refractivity (Wildman–Crippen MR) is 96.6 cm³/mol. The van der Waals surface area contributed by atoms with Gasteiger partial charge < -0.3 is 9.47 Å². The van der Waals surface area contributed by atoms with Crippen molar-refractivity contribution in [3.63, 3.8) is 0 Å². The van der Waals surface area contributed by atoms with E-state index < -0.39 is 0 Å². The van der Waals surface area contributed by atoms with Crippen molar-refractivity contribution in [1.29, 1.82) is 0 Å². The van der Waals surface area contributed by atoms with Crippen LogP contribution in [0.5, 0.6) is 5.75 Å². The number of carbonyl (C=O) groups excluding carboxylic acids is 1. The van der Waals surface area contributed by atoms with E-state index in [9.17, 15) is 9.18 Å². The van der Waals surface area contributed by atoms with Crippen LogP contribution in [-0.4, -0.2) is 12.1 Å². The van der Waals surface area contributed by atoms with E-state index in [1.54, 1.807) is 19.1 Å². The Balaban J connectivity index is 2.32. The molecule has 0 radical (unpaired) electrons. The standard InChI is InChI=1S/C21H25FO3/c1-6-16-8-7-9-17(21(23)25-13(2)3)18(16)12-24-20-11-19(22)14(4)10-15(20)5/h7-11,13H,6,12H2,1-5H3. The third-order valence-electron chi connectivity index (χ3n) is 4.04. The average Bonchev–Trinajstić information content (AvgIpc) is 2.56. The van der Waals surface area contributed by atoms with Crippen molar-refractivity contribution < 1.29 is 18.7 Å². The molecule has 2 rings (SSSR count). The number of carbonyl (C=O) groups is 1. The van der Waals surface area contributed by atoms with Gasteiger partial charge in [-0.25, -0.2) is 9.18 Å². The summed E-state index contributed by atoms with van der Waals surface area (Å²) in [5, 5.41) is 0. The third-order valence-corrected chi connectivity index (χ3v) is 4.04. The van der Waals surface area contributed by atoms with E-state index in [-0.39, 0.29) is 24.5 Å². The van der Waals surface area contributed by atoms with Gasteiger partial charge in [-0.1, -0.05) is 19.1 Å². The SMILES string of the molecule is CCc1cccc(C(=O)OC(C)C)c1COc1cc(F)c(C)cc1C. The molecular formula is C21H25FO3. The van der Waals surface area contributed by atoms with Gasteiger partial charge in [-0.05, 0) is 62.9 Å². The number of rotatable bonds is 6. The molecule has 0 saturated carbocycles. The molecule has 0 saturated heterocycles. The zero-order valence-electron chi connectivity index (χ0n) is 15.5. The molecule has 0 atom stereocenters. The maximum atomic E-state index is 13.8. The molecule has 2 aromatic rings. The van der Waals surface area contributed by atoms with Crippen molar-refractivity contribution in [2.24, 2.45) is 0 Å². The van der Waals surface area contributed by atoms with Crippen LogP contribution in [0.2, 0.25) is 0 Å². The van der Waals surface area contributed by atoms with E-state index >= 15 is 0 Å². The lowest BCUT2D eigenvalue weighted by Gasteiger charge is -2.17. The topological polar surface area (TPSA) is 35.5 Å². The van der Waals surface area contributed by atoms with E-state index in [2.05, 4.69) is 0 Å². The number of esters is 1. The largest absolute Gasteiger partial charge is 0.488 e. The lowest BCUT2D eigenvalue weighted by molar-refractivity contribution is 0.0375. The maximum Gasteiger partial charge on any atom is 0.338 e. The van der Waals surface area contributed by atoms with Gasteiger partial charge in [-0.2, -0.15) is 0 Å². The molecule has 134 valence electrons. The highest BCUT2D eigenvalue weighted by Gasteiger charge is 2.17. The highest BCUT2D eigenvalue weighted by Crippen LogP contribution is 2.25. The molecule has 0 aliphatic rings. The van der Waals surface area contributed by atoms with Gasteiger partial charge in [-0.15, -0.1) is 0 Å². The van der Waals surface area contributed by atoms with Crippen LogP contribution in [0.15, 0.2) is 30.3 Å². The molecule has 0 amide bonds. The zero-order chi connectivity index (χ0) is 18.6. The van der Waals surface area contributed by atoms with Gasteiger partial charge in [0.1, 0.15) is 18.2 Å². The molecule has 25 heavy (non-hydrogen) atoms. The zero-order valence-corrected chi connectivity index (χ0v) is 15.5. The Morgan fingerprint density at radius 3 is 2.52 bits per heavy atom. The minimum atomic E-state index is -0.365. The molecule has 0 aliphatic carbocycles. The van der Waals surface area contributed by atoms with Crippen molar-refractivity contribution in [2.75, 3.05) is 0 Å². The predicted octanol–water partition coefficient (Wildman–Crippen LogP) is 5.15. The second kappa shape index (κ2) is 8.15. The van der Waals surface area contributed by atoms with Crippen molar-refractivity contribution in [1.82, 2.24) is 0 Å². The molecule has 2 aromatic carbocycles. The van der Waals surface area contributed by atoms with E-state index in [1.807, 2.05) is 39.8 Å². The molecular weight excluding hydrogens is 319 g/mol. The van der Waals surface area contributed by atoms with Gasteiger partial charge in [-0.3, -0.25) is 0 Å². The molecule has 0 unspecified atom stereocenters. The lowest BCUT2D eigenvalue weighted by Crippen LogP contribution is -2.16. The van der Waals surface area contributed by atoms with Gasteiger partial charge in [0, 0.05) is 11.6 Å². The minimum absolute atomic E-state index is 0.190. The number of hydrogen-bond acceptors (Lipinski definition) is 3. The molecule has 0 spiro atoms. The second-order valence-corrected chi connectivity index (χ2v) is 6.41. The fourth-order valence-corrected chi connectivity index (χ4v) is 2.72. The summed E-state index contributed by atoms with van der Waals surface area (Å²) in [6, 6.07) is 8.70. The van der Waals surface area contributed by atoms with E-state index in [4.69, 9.17) is 9.47 Å². The highest BCUT2D eigenvalue weighted by atomic mass is 19.1. The molecule has 0 aromatic heterocycles. The fourth-order valence-electron chi connectivity index (χ4n) is 2.72. The van der Waals surface area contributed by atoms with Gasteiger partial charge in [0.15, 0.2) is 0 Å². The Morgan fingerprint density at radius 1 is 1.16 bits per heavy atom. The van der Waals surface area contributed by atoms with Crippen molar-refractivity contribution >= 4 is 5.97 Å². The molecule has 0 heterocycles. The Kier molecular flexibility index (Phi) is 6.18. The summed E-state index contributed by atoms with van der Waals surface area (Å²) in [5.41, 5.74) is 3.75. The summed E-state index contributed by atoms with van der Waals surface area (Å²) < 4.78 is 25.0. The quantitative estimate of drug-likeness (QED) is 0.680. The number of aryl methyl sites for hydroxylation is 3. The first-order valence-corrected chi connectivity index (χ1v) is 8.54. The molecule has 0 bridgehead atoms. The van der Waals surface area contributed by atoms with Crippen LogP contribution in [0.1, 0.15) is 53.4 Å². The second-order valence-electron chi connectivity index (χ2n) is 6.41. The summed E-state index contributed by atoms with van der Waals surface area (Å²) in [6.07, 6.45) is 0.572. The minimum Gasteiger partial charge on any atom is -0.488 e. The average molecular weight is 344 g/mol. The Hall–Kier alpha value is -2.36. The van der Waals surface area contributed by atoms with Crippen LogP contribution in [0.3, 0.4) is 0 Å². The fraction of sp³-hybridized carbons (Fsp3) is 0.381. The first kappa shape index (κ1) is 19.0. The molecule has 0 N–H and O–H groups in total. The Labute approximate surface area is 148 Å². The highest BCUT2D eigenvalue weighted by molar-refractivity contribution is 5.91. The molecule has 4 heteroatoms. The number of halogens is 1. The molecule has 0 aliphatic heterocycles. The Morgan fingerprint density at radius 2 is 1.88 bits per heavy atom. The number of benzene rings is 2. The molecule has 0 fully saturated rings. The number of ether oxygens (including phenoxy) is 2. The first-order valence-electron chi connectivity index (χ1n) is 8.54. The summed E-state index contributed by atoms with van der Waals surface area (Å²) in [5.74, 6) is -0.184. The van der Waals surface area contributed by atoms with Crippen LogP contribution in [-0.2, 0) is 17.8 Å². The smallest absolute Gasteiger partial charge is 0.338 e. The van der Waals surface area contributed by atoms with Crippen molar-refractivity contribution in [2.45, 2.75) is 53.8 Å². The van der Waals surface area contributed by atoms with Crippen LogP contribution in [0, 0.1) is 19.7 Å². The number of hydrogen-bond donors (Lipinski definition) is 0. The molecule has 3 nitrogen and oxygen atoms in total. The first-order chi connectivity index (χ1) is 11.8. The van der Waals surface area contributed by atoms with Crippen LogP contribution < -0.4 is 4.74 Å². The van der Waals surface area contributed by atoms with Crippen molar-refractivity contribution in [3.05, 3.63) is 64.0 Å². The van der Waals surface area contributed by atoms with E-state index in [0.717, 1.165) is 23.1 Å². The monoisotopic (exact) mass is 344 g/mol. The normalized spacial score (nSPS) is 10.8. The summed E-state index contributed by atoms with van der Waals surface area (Å²) in [6.45, 7) is 9.44. The summed E-state index contributed by atoms with van der Waals surface area (Å²) in [7, 11) is 0. The summed E-state index contributed by atoms with van der Waals surface area (Å²) >= 11 is 0. The van der Waals surface area contributed by atoms with Crippen LogP contribution in [0.25, 0.3) is 0 Å².